The molecule has 4 aromatic rings. The number of benzene rings is 2. The first-order valence-corrected chi connectivity index (χ1v) is 9.24. The molecule has 0 bridgehead atoms. The maximum atomic E-state index is 12.9. The highest BCUT2D eigenvalue weighted by atomic mass is 79.9. The topological polar surface area (TPSA) is 68.9 Å². The van der Waals surface area contributed by atoms with Gasteiger partial charge in [0.2, 0.25) is 5.91 Å². The molecule has 136 valence electrons. The number of carbonyl (C=O) groups is 1. The molecule has 2 heterocycles. The predicted molar refractivity (Wildman–Crippen MR) is 110 cm³/mol. The molecule has 4 rings (SSSR count). The Morgan fingerprint density at radius 1 is 1.19 bits per heavy atom. The summed E-state index contributed by atoms with van der Waals surface area (Å²) in [5.41, 5.74) is 2.94. The van der Waals surface area contributed by atoms with Crippen LogP contribution in [0.1, 0.15) is 5.56 Å². The molecule has 0 atom stereocenters. The van der Waals surface area contributed by atoms with Crippen molar-refractivity contribution in [3.05, 3.63) is 69.1 Å². The monoisotopic (exact) mass is 424 g/mol. The van der Waals surface area contributed by atoms with E-state index in [2.05, 4.69) is 26.3 Å². The second kappa shape index (κ2) is 6.66. The first-order valence-electron chi connectivity index (χ1n) is 8.45. The van der Waals surface area contributed by atoms with Gasteiger partial charge in [-0.25, -0.2) is 4.68 Å². The van der Waals surface area contributed by atoms with E-state index in [4.69, 9.17) is 0 Å². The van der Waals surface area contributed by atoms with E-state index in [-0.39, 0.29) is 18.0 Å². The van der Waals surface area contributed by atoms with Crippen molar-refractivity contribution in [2.24, 2.45) is 7.05 Å². The van der Waals surface area contributed by atoms with Crippen molar-refractivity contribution in [1.29, 1.82) is 0 Å². The Morgan fingerprint density at radius 3 is 2.74 bits per heavy atom. The molecule has 2 aromatic heterocycles. The average Bonchev–Trinajstić information content (AvgIpc) is 2.93. The number of aryl methyl sites for hydroxylation is 2. The van der Waals surface area contributed by atoms with E-state index in [0.717, 1.165) is 26.3 Å². The summed E-state index contributed by atoms with van der Waals surface area (Å²) in [4.78, 5) is 25.3. The third-order valence-electron chi connectivity index (χ3n) is 4.60. The number of nitrogens with one attached hydrogen (secondary N) is 1. The summed E-state index contributed by atoms with van der Waals surface area (Å²) in [6, 6.07) is 13.4. The van der Waals surface area contributed by atoms with Gasteiger partial charge in [0, 0.05) is 27.8 Å². The van der Waals surface area contributed by atoms with Gasteiger partial charge in [-0.1, -0.05) is 24.3 Å². The van der Waals surface area contributed by atoms with Crippen molar-refractivity contribution in [3.8, 4) is 0 Å². The molecule has 1 N–H and O–H groups in total. The molecule has 0 unspecified atom stereocenters. The van der Waals surface area contributed by atoms with E-state index in [0.29, 0.717) is 11.2 Å². The van der Waals surface area contributed by atoms with Crippen molar-refractivity contribution in [2.75, 3.05) is 5.32 Å². The molecule has 27 heavy (non-hydrogen) atoms. The number of nitrogens with zero attached hydrogens (tertiary/aromatic N) is 3. The summed E-state index contributed by atoms with van der Waals surface area (Å²) in [6.07, 6.45) is 1.65. The molecule has 0 fully saturated rings. The van der Waals surface area contributed by atoms with Gasteiger partial charge in [-0.3, -0.25) is 9.59 Å². The number of rotatable bonds is 3. The van der Waals surface area contributed by atoms with Crippen molar-refractivity contribution < 1.29 is 4.79 Å². The van der Waals surface area contributed by atoms with Crippen LogP contribution in [0.15, 0.2) is 57.9 Å². The number of aromatic nitrogens is 3. The summed E-state index contributed by atoms with van der Waals surface area (Å²) >= 11 is 3.43. The molecule has 0 spiro atoms. The second-order valence-electron chi connectivity index (χ2n) is 6.48. The van der Waals surface area contributed by atoms with Gasteiger partial charge in [0.25, 0.3) is 5.56 Å². The third kappa shape index (κ3) is 3.04. The number of fused-ring (bicyclic) bond motifs is 3. The molecule has 0 aliphatic carbocycles. The van der Waals surface area contributed by atoms with Crippen molar-refractivity contribution >= 4 is 49.3 Å². The van der Waals surface area contributed by atoms with E-state index in [1.165, 1.54) is 4.68 Å². The van der Waals surface area contributed by atoms with E-state index in [1.54, 1.807) is 6.20 Å². The van der Waals surface area contributed by atoms with E-state index >= 15 is 0 Å². The fourth-order valence-corrected chi connectivity index (χ4v) is 3.87. The summed E-state index contributed by atoms with van der Waals surface area (Å²) < 4.78 is 3.83. The standard InChI is InChI=1S/C20H17BrN4O2/c1-12-7-8-16(15(21)9-12)23-18(26)11-25-20(27)19-14(10-22-25)13-5-3-4-6-17(13)24(19)2/h3-10H,11H2,1-2H3,(H,23,26). The van der Waals surface area contributed by atoms with E-state index < -0.39 is 0 Å². The average molecular weight is 425 g/mol. The Morgan fingerprint density at radius 2 is 1.96 bits per heavy atom. The first kappa shape index (κ1) is 17.5. The molecule has 7 heteroatoms. The zero-order valence-electron chi connectivity index (χ0n) is 14.9. The smallest absolute Gasteiger partial charge is 0.291 e. The molecule has 0 saturated carbocycles. The molecule has 1 amide bonds. The molecule has 0 aliphatic heterocycles. The van der Waals surface area contributed by atoms with Crippen LogP contribution in [0.2, 0.25) is 0 Å². The van der Waals surface area contributed by atoms with Crippen LogP contribution >= 0.6 is 15.9 Å². The second-order valence-corrected chi connectivity index (χ2v) is 7.33. The number of para-hydroxylation sites is 1. The van der Waals surface area contributed by atoms with Gasteiger partial charge in [-0.2, -0.15) is 5.10 Å². The maximum absolute atomic E-state index is 12.9. The highest BCUT2D eigenvalue weighted by molar-refractivity contribution is 9.10. The highest BCUT2D eigenvalue weighted by Crippen LogP contribution is 2.25. The molecule has 2 aromatic carbocycles. The lowest BCUT2D eigenvalue weighted by Crippen LogP contribution is -2.30. The number of amides is 1. The number of carbonyl (C=O) groups excluding carboxylic acids is 1. The molecule has 0 aliphatic rings. The Labute approximate surface area is 163 Å². The fraction of sp³-hybridized carbons (Fsp3) is 0.150. The molecule has 6 nitrogen and oxygen atoms in total. The largest absolute Gasteiger partial charge is 0.339 e. The molecule has 0 radical (unpaired) electrons. The van der Waals surface area contributed by atoms with Crippen LogP contribution in [-0.2, 0) is 18.4 Å². The lowest BCUT2D eigenvalue weighted by molar-refractivity contribution is -0.117. The Kier molecular flexibility index (Phi) is 4.31. The lowest BCUT2D eigenvalue weighted by atomic mass is 10.2. The van der Waals surface area contributed by atoms with Crippen molar-refractivity contribution in [3.63, 3.8) is 0 Å². The lowest BCUT2D eigenvalue weighted by Gasteiger charge is -2.09. The van der Waals surface area contributed by atoms with E-state index in [9.17, 15) is 9.59 Å². The van der Waals surface area contributed by atoms with Gasteiger partial charge < -0.3 is 9.88 Å². The Bertz CT molecular complexity index is 1260. The van der Waals surface area contributed by atoms with Crippen LogP contribution in [0.3, 0.4) is 0 Å². The zero-order valence-corrected chi connectivity index (χ0v) is 16.4. The quantitative estimate of drug-likeness (QED) is 0.546. The minimum Gasteiger partial charge on any atom is -0.339 e. The summed E-state index contributed by atoms with van der Waals surface area (Å²) in [6.45, 7) is 1.81. The van der Waals surface area contributed by atoms with Crippen LogP contribution in [0.4, 0.5) is 5.69 Å². The van der Waals surface area contributed by atoms with E-state index in [1.807, 2.05) is 61.0 Å². The van der Waals surface area contributed by atoms with Gasteiger partial charge in [0.05, 0.1) is 11.9 Å². The minimum absolute atomic E-state index is 0.156. The predicted octanol–water partition coefficient (Wildman–Crippen LogP) is 3.60. The SMILES string of the molecule is Cc1ccc(NC(=O)Cn2ncc3c4ccccc4n(C)c3c2=O)c(Br)c1. The number of halogens is 1. The normalized spacial score (nSPS) is 11.2. The molecular weight excluding hydrogens is 408 g/mol. The van der Waals surface area contributed by atoms with Crippen LogP contribution in [0, 0.1) is 6.92 Å². The van der Waals surface area contributed by atoms with Gasteiger partial charge in [0.1, 0.15) is 12.1 Å². The van der Waals surface area contributed by atoms with Gasteiger partial charge in [-0.05, 0) is 46.6 Å². The highest BCUT2D eigenvalue weighted by Gasteiger charge is 2.15. The summed E-state index contributed by atoms with van der Waals surface area (Å²) in [5, 5.41) is 8.78. The van der Waals surface area contributed by atoms with Gasteiger partial charge >= 0.3 is 0 Å². The first-order chi connectivity index (χ1) is 13.0. The minimum atomic E-state index is -0.313. The number of hydrogen-bond donors (Lipinski definition) is 1. The Hall–Kier alpha value is -2.93. The van der Waals surface area contributed by atoms with Gasteiger partial charge in [0.15, 0.2) is 0 Å². The Balaban J connectivity index is 1.69. The van der Waals surface area contributed by atoms with Crippen LogP contribution in [0.5, 0.6) is 0 Å². The maximum Gasteiger partial charge on any atom is 0.291 e. The summed E-state index contributed by atoms with van der Waals surface area (Å²) in [5.74, 6) is -0.313. The van der Waals surface area contributed by atoms with Gasteiger partial charge in [-0.15, -0.1) is 0 Å². The van der Waals surface area contributed by atoms with Crippen LogP contribution in [0.25, 0.3) is 21.8 Å². The molecular formula is C20H17BrN4O2. The van der Waals surface area contributed by atoms with Crippen molar-refractivity contribution in [1.82, 2.24) is 14.3 Å². The fourth-order valence-electron chi connectivity index (χ4n) is 3.27. The molecule has 0 saturated heterocycles. The third-order valence-corrected chi connectivity index (χ3v) is 5.26. The summed E-state index contributed by atoms with van der Waals surface area (Å²) in [7, 11) is 1.85. The number of hydrogen-bond acceptors (Lipinski definition) is 3. The van der Waals surface area contributed by atoms with Crippen molar-refractivity contribution in [2.45, 2.75) is 13.5 Å². The number of anilines is 1. The zero-order chi connectivity index (χ0) is 19.1. The van der Waals surface area contributed by atoms with Crippen LogP contribution < -0.4 is 10.9 Å². The van der Waals surface area contributed by atoms with Crippen LogP contribution in [-0.4, -0.2) is 20.3 Å².